The molecule has 0 aliphatic carbocycles. The summed E-state index contributed by atoms with van der Waals surface area (Å²) in [5.41, 5.74) is 1.32. The first kappa shape index (κ1) is 17.2. The molecule has 0 fully saturated rings. The molecule has 2 aromatic rings. The molecule has 0 bridgehead atoms. The summed E-state index contributed by atoms with van der Waals surface area (Å²) < 4.78 is 5.50. The Labute approximate surface area is 143 Å². The van der Waals surface area contributed by atoms with Gasteiger partial charge in [-0.25, -0.2) is 0 Å². The Balaban J connectivity index is 2.17. The van der Waals surface area contributed by atoms with Crippen LogP contribution in [0.25, 0.3) is 0 Å². The maximum Gasteiger partial charge on any atom is 0.269 e. The third-order valence-electron chi connectivity index (χ3n) is 2.89. The van der Waals surface area contributed by atoms with E-state index in [4.69, 9.17) is 27.9 Å². The minimum Gasteiger partial charge on any atom is -0.490 e. The maximum absolute atomic E-state index is 10.6. The molecule has 5 nitrogen and oxygen atoms in total. The van der Waals surface area contributed by atoms with Gasteiger partial charge in [-0.2, -0.15) is 0 Å². The van der Waals surface area contributed by atoms with Crippen LogP contribution in [-0.4, -0.2) is 17.7 Å². The smallest absolute Gasteiger partial charge is 0.269 e. The molecule has 0 unspecified atom stereocenters. The fraction of sp³-hybridized carbons (Fsp3) is 0.188. The molecule has 0 heterocycles. The van der Waals surface area contributed by atoms with Gasteiger partial charge in [0.05, 0.1) is 27.3 Å². The number of nitrogens with zero attached hydrogens (tertiary/aromatic N) is 2. The normalized spacial score (nSPS) is 10.9. The minimum absolute atomic E-state index is 0.0208. The number of hydrogen-bond acceptors (Lipinski definition) is 4. The first-order valence-corrected chi connectivity index (χ1v) is 7.67. The van der Waals surface area contributed by atoms with Crippen LogP contribution in [0.3, 0.4) is 0 Å². The third kappa shape index (κ3) is 4.68. The molecule has 0 amide bonds. The predicted octanol–water partition coefficient (Wildman–Crippen LogP) is 5.44. The number of halogens is 2. The van der Waals surface area contributed by atoms with E-state index in [-0.39, 0.29) is 5.69 Å². The number of hydrogen-bond donors (Lipinski definition) is 0. The zero-order chi connectivity index (χ0) is 16.8. The summed E-state index contributed by atoms with van der Waals surface area (Å²) in [6, 6.07) is 9.33. The molecule has 0 saturated heterocycles. The molecular formula is C16H14Cl2N2O3. The van der Waals surface area contributed by atoms with E-state index in [9.17, 15) is 10.1 Å². The molecule has 0 N–H and O–H groups in total. The Morgan fingerprint density at radius 1 is 1.22 bits per heavy atom. The highest BCUT2D eigenvalue weighted by atomic mass is 35.5. The van der Waals surface area contributed by atoms with Crippen molar-refractivity contribution in [3.8, 4) is 5.75 Å². The predicted molar refractivity (Wildman–Crippen MR) is 92.6 cm³/mol. The van der Waals surface area contributed by atoms with Crippen molar-refractivity contribution < 1.29 is 9.66 Å². The average molecular weight is 353 g/mol. The lowest BCUT2D eigenvalue weighted by atomic mass is 10.2. The van der Waals surface area contributed by atoms with Crippen molar-refractivity contribution in [2.45, 2.75) is 13.3 Å². The first-order valence-electron chi connectivity index (χ1n) is 6.91. The van der Waals surface area contributed by atoms with Crippen molar-refractivity contribution in [2.75, 3.05) is 6.61 Å². The Morgan fingerprint density at radius 3 is 2.35 bits per heavy atom. The molecule has 0 spiro atoms. The first-order chi connectivity index (χ1) is 11.0. The van der Waals surface area contributed by atoms with E-state index in [2.05, 4.69) is 4.99 Å². The van der Waals surface area contributed by atoms with E-state index < -0.39 is 4.92 Å². The van der Waals surface area contributed by atoms with Gasteiger partial charge in [0.1, 0.15) is 0 Å². The number of ether oxygens (including phenoxy) is 1. The molecule has 0 aromatic heterocycles. The molecule has 0 saturated carbocycles. The number of aliphatic imine (C=N–C) groups is 1. The lowest BCUT2D eigenvalue weighted by molar-refractivity contribution is -0.384. The number of nitro groups is 1. The molecule has 0 radical (unpaired) electrons. The van der Waals surface area contributed by atoms with E-state index in [1.807, 2.05) is 6.92 Å². The Kier molecular flexibility index (Phi) is 5.96. The van der Waals surface area contributed by atoms with Gasteiger partial charge in [0.15, 0.2) is 5.75 Å². The molecule has 120 valence electrons. The van der Waals surface area contributed by atoms with Gasteiger partial charge in [-0.05, 0) is 36.2 Å². The summed E-state index contributed by atoms with van der Waals surface area (Å²) in [6.45, 7) is 2.53. The molecule has 0 atom stereocenters. The Bertz CT molecular complexity index is 708. The zero-order valence-corrected chi connectivity index (χ0v) is 13.8. The summed E-state index contributed by atoms with van der Waals surface area (Å²) >= 11 is 12.3. The largest absolute Gasteiger partial charge is 0.490 e. The second kappa shape index (κ2) is 7.94. The van der Waals surface area contributed by atoms with Crippen molar-refractivity contribution in [3.05, 3.63) is 62.1 Å². The van der Waals surface area contributed by atoms with Crippen LogP contribution in [0.2, 0.25) is 10.0 Å². The van der Waals surface area contributed by atoms with E-state index in [1.54, 1.807) is 30.5 Å². The van der Waals surface area contributed by atoms with Crippen LogP contribution in [-0.2, 0) is 0 Å². The van der Waals surface area contributed by atoms with E-state index in [1.165, 1.54) is 12.1 Å². The highest BCUT2D eigenvalue weighted by molar-refractivity contribution is 6.37. The SMILES string of the molecule is CCCOc1c(Cl)cc(C=Nc2ccc([N+](=O)[O-])cc2)cc1Cl. The number of benzene rings is 2. The third-order valence-corrected chi connectivity index (χ3v) is 3.46. The summed E-state index contributed by atoms with van der Waals surface area (Å²) in [5, 5.41) is 11.4. The zero-order valence-electron chi connectivity index (χ0n) is 12.3. The quantitative estimate of drug-likeness (QED) is 0.394. The van der Waals surface area contributed by atoms with Gasteiger partial charge >= 0.3 is 0 Å². The highest BCUT2D eigenvalue weighted by Gasteiger charge is 2.09. The Hall–Kier alpha value is -2.11. The van der Waals surface area contributed by atoms with Crippen molar-refractivity contribution in [1.82, 2.24) is 0 Å². The van der Waals surface area contributed by atoms with Crippen molar-refractivity contribution in [3.63, 3.8) is 0 Å². The van der Waals surface area contributed by atoms with Gasteiger partial charge in [-0.3, -0.25) is 15.1 Å². The monoisotopic (exact) mass is 352 g/mol. The van der Waals surface area contributed by atoms with Crippen LogP contribution in [0.5, 0.6) is 5.75 Å². The van der Waals surface area contributed by atoms with Crippen LogP contribution in [0, 0.1) is 10.1 Å². The van der Waals surface area contributed by atoms with Crippen LogP contribution in [0.4, 0.5) is 11.4 Å². The standard InChI is InChI=1S/C16H14Cl2N2O3/c1-2-7-23-16-14(17)8-11(9-15(16)18)10-19-12-3-5-13(6-4-12)20(21)22/h3-6,8-10H,2,7H2,1H3. The van der Waals surface area contributed by atoms with Gasteiger partial charge < -0.3 is 4.74 Å². The Morgan fingerprint density at radius 2 is 1.83 bits per heavy atom. The number of nitro benzene ring substituents is 1. The van der Waals surface area contributed by atoms with Crippen molar-refractivity contribution in [2.24, 2.45) is 4.99 Å². The lowest BCUT2D eigenvalue weighted by Gasteiger charge is -2.09. The summed E-state index contributed by atoms with van der Waals surface area (Å²) in [4.78, 5) is 14.4. The lowest BCUT2D eigenvalue weighted by Crippen LogP contribution is -1.97. The minimum atomic E-state index is -0.456. The number of non-ortho nitro benzene ring substituents is 1. The van der Waals surface area contributed by atoms with Crippen LogP contribution in [0.15, 0.2) is 41.4 Å². The molecule has 2 aromatic carbocycles. The summed E-state index contributed by atoms with van der Waals surface area (Å²) in [6.07, 6.45) is 2.44. The molecule has 2 rings (SSSR count). The molecule has 0 aliphatic rings. The average Bonchev–Trinajstić information content (AvgIpc) is 2.52. The molecular weight excluding hydrogens is 339 g/mol. The molecule has 23 heavy (non-hydrogen) atoms. The van der Waals surface area contributed by atoms with Gasteiger partial charge in [-0.15, -0.1) is 0 Å². The fourth-order valence-electron chi connectivity index (χ4n) is 1.81. The summed E-state index contributed by atoms with van der Waals surface area (Å²) in [7, 11) is 0. The van der Waals surface area contributed by atoms with Crippen LogP contribution < -0.4 is 4.74 Å². The van der Waals surface area contributed by atoms with Crippen molar-refractivity contribution >= 4 is 40.8 Å². The van der Waals surface area contributed by atoms with Gasteiger partial charge in [0, 0.05) is 18.3 Å². The fourth-order valence-corrected chi connectivity index (χ4v) is 2.42. The second-order valence-corrected chi connectivity index (χ2v) is 5.51. The van der Waals surface area contributed by atoms with Gasteiger partial charge in [0.25, 0.3) is 5.69 Å². The van der Waals surface area contributed by atoms with Crippen LogP contribution >= 0.6 is 23.2 Å². The summed E-state index contributed by atoms with van der Waals surface area (Å²) in [5.74, 6) is 0.461. The number of rotatable bonds is 6. The maximum atomic E-state index is 10.6. The van der Waals surface area contributed by atoms with Gasteiger partial charge in [-0.1, -0.05) is 30.1 Å². The van der Waals surface area contributed by atoms with E-state index in [0.717, 1.165) is 6.42 Å². The van der Waals surface area contributed by atoms with Gasteiger partial charge in [0.2, 0.25) is 0 Å². The molecule has 0 aliphatic heterocycles. The van der Waals surface area contributed by atoms with E-state index >= 15 is 0 Å². The van der Waals surface area contributed by atoms with Crippen molar-refractivity contribution in [1.29, 1.82) is 0 Å². The topological polar surface area (TPSA) is 64.7 Å². The molecule has 7 heteroatoms. The van der Waals surface area contributed by atoms with Crippen LogP contribution in [0.1, 0.15) is 18.9 Å². The van der Waals surface area contributed by atoms with E-state index in [0.29, 0.717) is 33.7 Å². The highest BCUT2D eigenvalue weighted by Crippen LogP contribution is 2.34. The second-order valence-electron chi connectivity index (χ2n) is 4.69.